The van der Waals surface area contributed by atoms with Crippen molar-refractivity contribution in [2.45, 2.75) is 20.3 Å². The van der Waals surface area contributed by atoms with Crippen LogP contribution in [0.4, 0.5) is 0 Å². The summed E-state index contributed by atoms with van der Waals surface area (Å²) >= 11 is 0. The maximum Gasteiger partial charge on any atom is 0.331 e. The van der Waals surface area contributed by atoms with Crippen LogP contribution in [0.15, 0.2) is 30.3 Å². The standard InChI is InChI=1S/C19H22N2O3/c1-14-9-15(2)12-21(11-14)18(22)13-24-19(23)8-7-16-3-5-17(10-20)6-4-16/h3-8,14-15H,9,11-13H2,1-2H3/b8-7+/t14-,15-/m1/s1. The highest BCUT2D eigenvalue weighted by Crippen LogP contribution is 2.20. The van der Waals surface area contributed by atoms with E-state index in [2.05, 4.69) is 13.8 Å². The number of nitriles is 1. The van der Waals surface area contributed by atoms with Gasteiger partial charge in [0, 0.05) is 19.2 Å². The summed E-state index contributed by atoms with van der Waals surface area (Å²) in [4.78, 5) is 25.6. The average molecular weight is 326 g/mol. The number of carbonyl (C=O) groups is 2. The molecule has 5 nitrogen and oxygen atoms in total. The summed E-state index contributed by atoms with van der Waals surface area (Å²) in [6, 6.07) is 8.86. The van der Waals surface area contributed by atoms with Crippen LogP contribution >= 0.6 is 0 Å². The summed E-state index contributed by atoms with van der Waals surface area (Å²) in [6.45, 7) is 5.48. The first-order valence-electron chi connectivity index (χ1n) is 8.10. The van der Waals surface area contributed by atoms with Crippen LogP contribution in [-0.2, 0) is 14.3 Å². The Kier molecular flexibility index (Phi) is 6.14. The predicted molar refractivity (Wildman–Crippen MR) is 90.7 cm³/mol. The molecule has 1 aromatic carbocycles. The van der Waals surface area contributed by atoms with Crippen LogP contribution in [-0.4, -0.2) is 36.5 Å². The zero-order valence-electron chi connectivity index (χ0n) is 14.1. The van der Waals surface area contributed by atoms with Crippen LogP contribution < -0.4 is 0 Å². The summed E-state index contributed by atoms with van der Waals surface area (Å²) in [6.07, 6.45) is 4.01. The van der Waals surface area contributed by atoms with Gasteiger partial charge in [0.05, 0.1) is 11.6 Å². The van der Waals surface area contributed by atoms with Gasteiger partial charge in [-0.05, 0) is 42.0 Å². The number of hydrogen-bond acceptors (Lipinski definition) is 4. The summed E-state index contributed by atoms with van der Waals surface area (Å²) in [7, 11) is 0. The van der Waals surface area contributed by atoms with Gasteiger partial charge in [-0.3, -0.25) is 4.79 Å². The Hall–Kier alpha value is -2.61. The summed E-state index contributed by atoms with van der Waals surface area (Å²) in [5.74, 6) is 0.258. The molecule has 0 unspecified atom stereocenters. The normalized spacial score (nSPS) is 20.6. The van der Waals surface area contributed by atoms with Gasteiger partial charge in [-0.25, -0.2) is 4.79 Å². The molecule has 1 amide bonds. The fourth-order valence-electron chi connectivity index (χ4n) is 2.97. The molecule has 0 N–H and O–H groups in total. The molecule has 0 aromatic heterocycles. The molecule has 5 heteroatoms. The lowest BCUT2D eigenvalue weighted by molar-refractivity contribution is -0.149. The van der Waals surface area contributed by atoms with Crippen molar-refractivity contribution < 1.29 is 14.3 Å². The monoisotopic (exact) mass is 326 g/mol. The number of esters is 1. The second kappa shape index (κ2) is 8.30. The Morgan fingerprint density at radius 3 is 2.46 bits per heavy atom. The molecule has 1 aromatic rings. The van der Waals surface area contributed by atoms with Crippen molar-refractivity contribution in [2.75, 3.05) is 19.7 Å². The van der Waals surface area contributed by atoms with Gasteiger partial charge in [-0.1, -0.05) is 26.0 Å². The number of rotatable bonds is 4. The zero-order chi connectivity index (χ0) is 17.5. The molecule has 24 heavy (non-hydrogen) atoms. The molecular formula is C19H22N2O3. The Labute approximate surface area is 142 Å². The van der Waals surface area contributed by atoms with E-state index in [-0.39, 0.29) is 12.5 Å². The molecule has 0 aliphatic carbocycles. The highest BCUT2D eigenvalue weighted by molar-refractivity contribution is 5.89. The van der Waals surface area contributed by atoms with Crippen molar-refractivity contribution >= 4 is 18.0 Å². The SMILES string of the molecule is C[C@@H]1C[C@@H](C)CN(C(=O)COC(=O)/C=C/c2ccc(C#N)cc2)C1. The van der Waals surface area contributed by atoms with E-state index in [0.717, 1.165) is 25.1 Å². The van der Waals surface area contributed by atoms with Crippen molar-refractivity contribution in [3.63, 3.8) is 0 Å². The van der Waals surface area contributed by atoms with E-state index in [1.165, 1.54) is 6.08 Å². The highest BCUT2D eigenvalue weighted by atomic mass is 16.5. The molecule has 1 saturated heterocycles. The van der Waals surface area contributed by atoms with E-state index in [0.29, 0.717) is 17.4 Å². The smallest absolute Gasteiger partial charge is 0.331 e. The second-order valence-electron chi connectivity index (χ2n) is 6.42. The fraction of sp³-hybridized carbons (Fsp3) is 0.421. The maximum atomic E-state index is 12.1. The largest absolute Gasteiger partial charge is 0.452 e. The molecule has 0 radical (unpaired) electrons. The molecule has 1 aliphatic rings. The summed E-state index contributed by atoms with van der Waals surface area (Å²) in [5, 5.41) is 8.73. The van der Waals surface area contributed by atoms with Crippen LogP contribution in [0.2, 0.25) is 0 Å². The molecular weight excluding hydrogens is 304 g/mol. The number of piperidine rings is 1. The molecule has 0 saturated carbocycles. The minimum absolute atomic E-state index is 0.145. The summed E-state index contributed by atoms with van der Waals surface area (Å²) < 4.78 is 5.02. The Bertz CT molecular complexity index is 648. The van der Waals surface area contributed by atoms with Crippen LogP contribution in [0.3, 0.4) is 0 Å². The van der Waals surface area contributed by atoms with Gasteiger partial charge in [-0.2, -0.15) is 5.26 Å². The molecule has 0 spiro atoms. The third-order valence-corrected chi connectivity index (χ3v) is 4.01. The Morgan fingerprint density at radius 1 is 1.25 bits per heavy atom. The minimum atomic E-state index is -0.550. The lowest BCUT2D eigenvalue weighted by atomic mass is 9.92. The van der Waals surface area contributed by atoms with Crippen LogP contribution in [0, 0.1) is 23.2 Å². The quantitative estimate of drug-likeness (QED) is 0.630. The molecule has 1 heterocycles. The van der Waals surface area contributed by atoms with E-state index in [1.54, 1.807) is 35.2 Å². The minimum Gasteiger partial charge on any atom is -0.452 e. The molecule has 0 bridgehead atoms. The maximum absolute atomic E-state index is 12.1. The van der Waals surface area contributed by atoms with Gasteiger partial charge in [0.15, 0.2) is 6.61 Å². The Balaban J connectivity index is 1.80. The highest BCUT2D eigenvalue weighted by Gasteiger charge is 2.25. The molecule has 126 valence electrons. The van der Waals surface area contributed by atoms with Gasteiger partial charge < -0.3 is 9.64 Å². The van der Waals surface area contributed by atoms with E-state index in [4.69, 9.17) is 10.00 Å². The lowest BCUT2D eigenvalue weighted by Crippen LogP contribution is -2.44. The first-order valence-corrected chi connectivity index (χ1v) is 8.10. The van der Waals surface area contributed by atoms with Crippen molar-refractivity contribution in [3.05, 3.63) is 41.5 Å². The van der Waals surface area contributed by atoms with E-state index >= 15 is 0 Å². The Morgan fingerprint density at radius 2 is 1.88 bits per heavy atom. The van der Waals surface area contributed by atoms with Gasteiger partial charge in [-0.15, -0.1) is 0 Å². The number of hydrogen-bond donors (Lipinski definition) is 0. The van der Waals surface area contributed by atoms with Crippen molar-refractivity contribution in [3.8, 4) is 6.07 Å². The first-order chi connectivity index (χ1) is 11.5. The van der Waals surface area contributed by atoms with Crippen LogP contribution in [0.1, 0.15) is 31.4 Å². The number of carbonyl (C=O) groups excluding carboxylic acids is 2. The average Bonchev–Trinajstić information content (AvgIpc) is 2.57. The van der Waals surface area contributed by atoms with Crippen molar-refractivity contribution in [1.82, 2.24) is 4.90 Å². The predicted octanol–water partition coefficient (Wildman–Crippen LogP) is 2.62. The molecule has 2 rings (SSSR count). The third kappa shape index (κ3) is 5.24. The van der Waals surface area contributed by atoms with E-state index in [1.807, 2.05) is 6.07 Å². The van der Waals surface area contributed by atoms with Crippen LogP contribution in [0.5, 0.6) is 0 Å². The van der Waals surface area contributed by atoms with E-state index in [9.17, 15) is 9.59 Å². The fourth-order valence-corrected chi connectivity index (χ4v) is 2.97. The molecule has 2 atom stereocenters. The zero-order valence-corrected chi connectivity index (χ0v) is 14.1. The third-order valence-electron chi connectivity index (χ3n) is 4.01. The van der Waals surface area contributed by atoms with Gasteiger partial charge in [0.2, 0.25) is 0 Å². The van der Waals surface area contributed by atoms with Crippen molar-refractivity contribution in [1.29, 1.82) is 5.26 Å². The number of nitrogens with zero attached hydrogens (tertiary/aromatic N) is 2. The number of likely N-dealkylation sites (tertiary alicyclic amines) is 1. The van der Waals surface area contributed by atoms with E-state index < -0.39 is 5.97 Å². The van der Waals surface area contributed by atoms with Gasteiger partial charge >= 0.3 is 5.97 Å². The lowest BCUT2D eigenvalue weighted by Gasteiger charge is -2.34. The van der Waals surface area contributed by atoms with Gasteiger partial charge in [0.25, 0.3) is 5.91 Å². The summed E-state index contributed by atoms with van der Waals surface area (Å²) in [5.41, 5.74) is 1.35. The number of ether oxygens (including phenoxy) is 1. The van der Waals surface area contributed by atoms with Gasteiger partial charge in [0.1, 0.15) is 0 Å². The van der Waals surface area contributed by atoms with Crippen molar-refractivity contribution in [2.24, 2.45) is 11.8 Å². The second-order valence-corrected chi connectivity index (χ2v) is 6.42. The molecule has 1 aliphatic heterocycles. The van der Waals surface area contributed by atoms with Crippen LogP contribution in [0.25, 0.3) is 6.08 Å². The number of amides is 1. The number of benzene rings is 1. The first kappa shape index (κ1) is 17.7. The molecule has 1 fully saturated rings. The topological polar surface area (TPSA) is 70.4 Å².